The van der Waals surface area contributed by atoms with Crippen molar-refractivity contribution in [3.63, 3.8) is 0 Å². The molecule has 3 rings (SSSR count). The first kappa shape index (κ1) is 21.7. The van der Waals surface area contributed by atoms with Crippen molar-refractivity contribution in [2.75, 3.05) is 23.3 Å². The molecule has 0 saturated carbocycles. The van der Waals surface area contributed by atoms with Gasteiger partial charge in [0.2, 0.25) is 5.91 Å². The number of nitrogens with zero attached hydrogens (tertiary/aromatic N) is 1. The highest BCUT2D eigenvalue weighted by atomic mass is 35.5. The van der Waals surface area contributed by atoms with Gasteiger partial charge in [0.05, 0.1) is 23.4 Å². The smallest absolute Gasteiger partial charge is 0.264 e. The third kappa shape index (κ3) is 4.93. The van der Waals surface area contributed by atoms with E-state index in [2.05, 4.69) is 5.32 Å². The standard InChI is InChI=1S/C22H21ClN2O4S/c1-16-8-11-18(12-9-16)25(30(27,28)19-6-4-3-5-7-19)15-22(26)24-20-14-17(23)10-13-21(20)29-2/h3-14H,15H2,1-2H3,(H,24,26). The van der Waals surface area contributed by atoms with Crippen LogP contribution in [0.5, 0.6) is 5.75 Å². The van der Waals surface area contributed by atoms with E-state index in [4.69, 9.17) is 16.3 Å². The Morgan fingerprint density at radius 1 is 1.03 bits per heavy atom. The maximum Gasteiger partial charge on any atom is 0.264 e. The number of halogens is 1. The van der Waals surface area contributed by atoms with Gasteiger partial charge in [-0.2, -0.15) is 0 Å². The van der Waals surface area contributed by atoms with Crippen LogP contribution in [-0.4, -0.2) is 28.0 Å². The molecule has 1 N–H and O–H groups in total. The predicted molar refractivity (Wildman–Crippen MR) is 119 cm³/mol. The van der Waals surface area contributed by atoms with Crippen LogP contribution >= 0.6 is 11.6 Å². The molecule has 0 atom stereocenters. The molecule has 3 aromatic rings. The van der Waals surface area contributed by atoms with Crippen molar-refractivity contribution in [3.8, 4) is 5.75 Å². The summed E-state index contributed by atoms with van der Waals surface area (Å²) in [5.74, 6) is -0.115. The molecule has 0 aliphatic carbocycles. The predicted octanol–water partition coefficient (Wildman–Crippen LogP) is 4.49. The summed E-state index contributed by atoms with van der Waals surface area (Å²) in [7, 11) is -2.49. The van der Waals surface area contributed by atoms with E-state index in [1.807, 2.05) is 6.92 Å². The van der Waals surface area contributed by atoms with Gasteiger partial charge in [0, 0.05) is 5.02 Å². The molecule has 1 amide bonds. The molecule has 0 fully saturated rings. The van der Waals surface area contributed by atoms with Crippen molar-refractivity contribution in [2.45, 2.75) is 11.8 Å². The number of carbonyl (C=O) groups is 1. The fourth-order valence-corrected chi connectivity index (χ4v) is 4.46. The first-order chi connectivity index (χ1) is 14.3. The number of rotatable bonds is 7. The average Bonchev–Trinajstić information content (AvgIpc) is 2.73. The van der Waals surface area contributed by atoms with Crippen LogP contribution in [0.2, 0.25) is 5.02 Å². The summed E-state index contributed by atoms with van der Waals surface area (Å²) in [5.41, 5.74) is 1.72. The molecule has 0 heterocycles. The van der Waals surface area contributed by atoms with Crippen LogP contribution in [0.25, 0.3) is 0 Å². The van der Waals surface area contributed by atoms with Gasteiger partial charge in [-0.05, 0) is 49.4 Å². The summed E-state index contributed by atoms with van der Waals surface area (Å²) >= 11 is 6.01. The summed E-state index contributed by atoms with van der Waals surface area (Å²) in [6.07, 6.45) is 0. The maximum absolute atomic E-state index is 13.3. The van der Waals surface area contributed by atoms with Crippen LogP contribution in [0.4, 0.5) is 11.4 Å². The second kappa shape index (κ2) is 9.19. The average molecular weight is 445 g/mol. The third-order valence-corrected chi connectivity index (χ3v) is 6.40. The monoisotopic (exact) mass is 444 g/mol. The van der Waals surface area contributed by atoms with E-state index in [1.165, 1.54) is 19.2 Å². The molecule has 0 aromatic heterocycles. The number of hydrogen-bond donors (Lipinski definition) is 1. The first-order valence-electron chi connectivity index (χ1n) is 9.09. The Hall–Kier alpha value is -3.03. The zero-order valence-corrected chi connectivity index (χ0v) is 18.1. The van der Waals surface area contributed by atoms with Crippen molar-refractivity contribution >= 4 is 38.9 Å². The van der Waals surface area contributed by atoms with E-state index in [0.29, 0.717) is 22.1 Å². The largest absolute Gasteiger partial charge is 0.495 e. The number of carbonyl (C=O) groups excluding carboxylic acids is 1. The quantitative estimate of drug-likeness (QED) is 0.582. The molecule has 0 saturated heterocycles. The van der Waals surface area contributed by atoms with Gasteiger partial charge in [0.1, 0.15) is 12.3 Å². The number of hydrogen-bond acceptors (Lipinski definition) is 4. The van der Waals surface area contributed by atoms with E-state index in [0.717, 1.165) is 9.87 Å². The fourth-order valence-electron chi connectivity index (χ4n) is 2.84. The topological polar surface area (TPSA) is 75.7 Å². The van der Waals surface area contributed by atoms with Gasteiger partial charge >= 0.3 is 0 Å². The number of nitrogens with one attached hydrogen (secondary N) is 1. The Kier molecular flexibility index (Phi) is 6.64. The van der Waals surface area contributed by atoms with Gasteiger partial charge in [-0.15, -0.1) is 0 Å². The SMILES string of the molecule is COc1ccc(Cl)cc1NC(=O)CN(c1ccc(C)cc1)S(=O)(=O)c1ccccc1. The number of ether oxygens (including phenoxy) is 1. The molecule has 6 nitrogen and oxygen atoms in total. The van der Waals surface area contributed by atoms with Gasteiger partial charge < -0.3 is 10.1 Å². The van der Waals surface area contributed by atoms with Crippen molar-refractivity contribution in [3.05, 3.63) is 83.4 Å². The normalized spacial score (nSPS) is 11.0. The van der Waals surface area contributed by atoms with E-state index in [1.54, 1.807) is 60.7 Å². The van der Waals surface area contributed by atoms with Crippen LogP contribution in [-0.2, 0) is 14.8 Å². The summed E-state index contributed by atoms with van der Waals surface area (Å²) in [5, 5.41) is 3.10. The minimum absolute atomic E-state index is 0.0960. The Labute approximate surface area is 181 Å². The molecule has 156 valence electrons. The lowest BCUT2D eigenvalue weighted by atomic mass is 10.2. The van der Waals surface area contributed by atoms with E-state index in [-0.39, 0.29) is 4.90 Å². The Morgan fingerprint density at radius 2 is 1.70 bits per heavy atom. The molecule has 0 aliphatic heterocycles. The molecule has 0 spiro atoms. The van der Waals surface area contributed by atoms with E-state index >= 15 is 0 Å². The highest BCUT2D eigenvalue weighted by Crippen LogP contribution is 2.28. The van der Waals surface area contributed by atoms with Crippen LogP contribution in [0, 0.1) is 6.92 Å². The fraction of sp³-hybridized carbons (Fsp3) is 0.136. The molecule has 0 aliphatic rings. The number of amides is 1. The second-order valence-electron chi connectivity index (χ2n) is 6.55. The lowest BCUT2D eigenvalue weighted by molar-refractivity contribution is -0.114. The van der Waals surface area contributed by atoms with Gasteiger partial charge in [0.15, 0.2) is 0 Å². The van der Waals surface area contributed by atoms with E-state index in [9.17, 15) is 13.2 Å². The van der Waals surface area contributed by atoms with Gasteiger partial charge in [-0.3, -0.25) is 9.10 Å². The molecule has 0 unspecified atom stereocenters. The highest BCUT2D eigenvalue weighted by molar-refractivity contribution is 7.92. The maximum atomic E-state index is 13.3. The molecule has 8 heteroatoms. The van der Waals surface area contributed by atoms with Crippen LogP contribution < -0.4 is 14.4 Å². The minimum atomic E-state index is -3.96. The number of anilines is 2. The molecule has 3 aromatic carbocycles. The number of aryl methyl sites for hydroxylation is 1. The van der Waals surface area contributed by atoms with E-state index < -0.39 is 22.5 Å². The van der Waals surface area contributed by atoms with Crippen molar-refractivity contribution in [1.82, 2.24) is 0 Å². The first-order valence-corrected chi connectivity index (χ1v) is 10.9. The Morgan fingerprint density at radius 3 is 2.33 bits per heavy atom. The second-order valence-corrected chi connectivity index (χ2v) is 8.85. The number of sulfonamides is 1. The van der Waals surface area contributed by atoms with Gasteiger partial charge in [-0.25, -0.2) is 8.42 Å². The molecule has 0 bridgehead atoms. The van der Waals surface area contributed by atoms with Crippen LogP contribution in [0.15, 0.2) is 77.7 Å². The van der Waals surface area contributed by atoms with Crippen LogP contribution in [0.1, 0.15) is 5.56 Å². The molecule has 0 radical (unpaired) electrons. The number of benzene rings is 3. The van der Waals surface area contributed by atoms with Crippen molar-refractivity contribution < 1.29 is 17.9 Å². The molecular formula is C22H21ClN2O4S. The summed E-state index contributed by atoms with van der Waals surface area (Å²) in [4.78, 5) is 12.9. The Bertz CT molecular complexity index is 1130. The molecule has 30 heavy (non-hydrogen) atoms. The van der Waals surface area contributed by atoms with Crippen LogP contribution in [0.3, 0.4) is 0 Å². The highest BCUT2D eigenvalue weighted by Gasteiger charge is 2.27. The van der Waals surface area contributed by atoms with Crippen molar-refractivity contribution in [1.29, 1.82) is 0 Å². The zero-order chi connectivity index (χ0) is 21.7. The molecular weight excluding hydrogens is 424 g/mol. The van der Waals surface area contributed by atoms with Gasteiger partial charge in [-0.1, -0.05) is 47.5 Å². The number of methoxy groups -OCH3 is 1. The summed E-state index contributed by atoms with van der Waals surface area (Å²) in [6, 6.07) is 19.7. The third-order valence-electron chi connectivity index (χ3n) is 4.38. The lowest BCUT2D eigenvalue weighted by Gasteiger charge is -2.24. The summed E-state index contributed by atoms with van der Waals surface area (Å²) < 4.78 is 32.9. The van der Waals surface area contributed by atoms with Gasteiger partial charge in [0.25, 0.3) is 10.0 Å². The van der Waals surface area contributed by atoms with Crippen molar-refractivity contribution in [2.24, 2.45) is 0 Å². The zero-order valence-electron chi connectivity index (χ0n) is 16.5. The lowest BCUT2D eigenvalue weighted by Crippen LogP contribution is -2.38. The summed E-state index contributed by atoms with van der Waals surface area (Å²) in [6.45, 7) is 1.48. The minimum Gasteiger partial charge on any atom is -0.495 e. The Balaban J connectivity index is 1.94.